The number of nitrogens with zero attached hydrogens (tertiary/aromatic N) is 5. The van der Waals surface area contributed by atoms with Gasteiger partial charge in [-0.2, -0.15) is 0 Å². The van der Waals surface area contributed by atoms with Crippen molar-refractivity contribution in [3.63, 3.8) is 0 Å². The van der Waals surface area contributed by atoms with Gasteiger partial charge in [-0.05, 0) is 66.2 Å². The first kappa shape index (κ1) is 31.9. The quantitative estimate of drug-likeness (QED) is 0.172. The van der Waals surface area contributed by atoms with Gasteiger partial charge >= 0.3 is 0 Å². The lowest BCUT2D eigenvalue weighted by Crippen LogP contribution is -1.98. The van der Waals surface area contributed by atoms with Crippen LogP contribution < -0.4 is 0 Å². The number of fused-ring (bicyclic) bond motifs is 6. The van der Waals surface area contributed by atoms with Gasteiger partial charge in [-0.15, -0.1) is 0 Å². The van der Waals surface area contributed by atoms with Crippen molar-refractivity contribution in [2.75, 3.05) is 0 Å². The average Bonchev–Trinajstić information content (AvgIpc) is 3.79. The molecule has 0 unspecified atom stereocenters. The standard InChI is InChI=1S/C51H33N5/c1-4-15-34(16-5-1)45-32-46(54-50(53-45)35-17-6-2-7-18-35)37-19-14-22-40(29-37)56-48-26-13-11-24-42(48)44-31-38(33-52-51(44)56)36-27-28-49-43(30-36)41-23-10-12-25-47(41)55(49)39-20-8-3-9-21-39/h1-33H. The number of para-hydroxylation sites is 3. The van der Waals surface area contributed by atoms with Crippen LogP contribution in [-0.4, -0.2) is 24.1 Å². The molecule has 0 radical (unpaired) electrons. The van der Waals surface area contributed by atoms with Gasteiger partial charge in [0.25, 0.3) is 0 Å². The molecule has 0 atom stereocenters. The Morgan fingerprint density at radius 3 is 1.62 bits per heavy atom. The molecule has 11 aromatic rings. The van der Waals surface area contributed by atoms with Crippen LogP contribution in [0.3, 0.4) is 0 Å². The van der Waals surface area contributed by atoms with Crippen LogP contribution in [0.1, 0.15) is 0 Å². The highest BCUT2D eigenvalue weighted by Gasteiger charge is 2.18. The monoisotopic (exact) mass is 715 g/mol. The van der Waals surface area contributed by atoms with Crippen molar-refractivity contribution < 1.29 is 0 Å². The number of benzene rings is 7. The second-order valence-electron chi connectivity index (χ2n) is 14.1. The van der Waals surface area contributed by atoms with E-state index in [1.165, 1.54) is 21.8 Å². The lowest BCUT2D eigenvalue weighted by molar-refractivity contribution is 1.13. The Kier molecular flexibility index (Phi) is 7.42. The minimum Gasteiger partial charge on any atom is -0.309 e. The van der Waals surface area contributed by atoms with Crippen LogP contribution in [0.4, 0.5) is 0 Å². The molecule has 4 aromatic heterocycles. The molecule has 0 N–H and O–H groups in total. The third kappa shape index (κ3) is 5.29. The smallest absolute Gasteiger partial charge is 0.160 e. The fraction of sp³-hybridized carbons (Fsp3) is 0. The fourth-order valence-corrected chi connectivity index (χ4v) is 8.14. The van der Waals surface area contributed by atoms with Crippen molar-refractivity contribution in [1.29, 1.82) is 0 Å². The summed E-state index contributed by atoms with van der Waals surface area (Å²) in [4.78, 5) is 15.3. The summed E-state index contributed by atoms with van der Waals surface area (Å²) >= 11 is 0. The highest BCUT2D eigenvalue weighted by atomic mass is 15.0. The SMILES string of the molecule is c1ccc(-c2cc(-c3cccc(-n4c5ccccc5c5cc(-c6ccc7c(c6)c6ccccc6n7-c6ccccc6)cnc54)c3)nc(-c3ccccc3)n2)cc1. The first-order valence-corrected chi connectivity index (χ1v) is 18.9. The Hall–Kier alpha value is -7.63. The molecule has 0 aliphatic carbocycles. The normalized spacial score (nSPS) is 11.6. The number of pyridine rings is 1. The van der Waals surface area contributed by atoms with Crippen molar-refractivity contribution in [2.24, 2.45) is 0 Å². The van der Waals surface area contributed by atoms with Gasteiger partial charge in [0, 0.05) is 61.4 Å². The van der Waals surface area contributed by atoms with Gasteiger partial charge in [-0.25, -0.2) is 15.0 Å². The molecule has 0 aliphatic rings. The summed E-state index contributed by atoms with van der Waals surface area (Å²) in [6.45, 7) is 0. The van der Waals surface area contributed by atoms with E-state index in [9.17, 15) is 0 Å². The largest absolute Gasteiger partial charge is 0.309 e. The van der Waals surface area contributed by atoms with Crippen LogP contribution >= 0.6 is 0 Å². The Bertz CT molecular complexity index is 3180. The number of hydrogen-bond acceptors (Lipinski definition) is 3. The maximum absolute atomic E-state index is 5.21. The summed E-state index contributed by atoms with van der Waals surface area (Å²) in [6.07, 6.45) is 2.02. The summed E-state index contributed by atoms with van der Waals surface area (Å²) in [5.41, 5.74) is 13.5. The van der Waals surface area contributed by atoms with Crippen molar-refractivity contribution in [3.05, 3.63) is 200 Å². The van der Waals surface area contributed by atoms with Gasteiger partial charge in [0.2, 0.25) is 0 Å². The van der Waals surface area contributed by atoms with Crippen molar-refractivity contribution in [2.45, 2.75) is 0 Å². The molecule has 0 bridgehead atoms. The van der Waals surface area contributed by atoms with Gasteiger partial charge in [0.1, 0.15) is 5.65 Å². The van der Waals surface area contributed by atoms with Crippen LogP contribution in [0.5, 0.6) is 0 Å². The molecule has 5 heteroatoms. The molecule has 4 heterocycles. The predicted octanol–water partition coefficient (Wildman–Crippen LogP) is 12.7. The zero-order chi connectivity index (χ0) is 37.0. The van der Waals surface area contributed by atoms with E-state index in [4.69, 9.17) is 15.0 Å². The van der Waals surface area contributed by atoms with E-state index < -0.39 is 0 Å². The first-order valence-electron chi connectivity index (χ1n) is 18.9. The van der Waals surface area contributed by atoms with E-state index in [0.717, 1.165) is 72.5 Å². The van der Waals surface area contributed by atoms with Crippen LogP contribution in [0.15, 0.2) is 200 Å². The Balaban J connectivity index is 1.05. The fourth-order valence-electron chi connectivity index (χ4n) is 8.14. The molecule has 7 aromatic carbocycles. The molecule has 262 valence electrons. The number of aromatic nitrogens is 5. The summed E-state index contributed by atoms with van der Waals surface area (Å²) in [5.74, 6) is 0.696. The third-order valence-electron chi connectivity index (χ3n) is 10.8. The predicted molar refractivity (Wildman–Crippen MR) is 230 cm³/mol. The van der Waals surface area contributed by atoms with E-state index >= 15 is 0 Å². The first-order chi connectivity index (χ1) is 27.8. The third-order valence-corrected chi connectivity index (χ3v) is 10.8. The Labute approximate surface area is 323 Å². The van der Waals surface area contributed by atoms with Gasteiger partial charge in [0.15, 0.2) is 5.82 Å². The molecular weight excluding hydrogens is 683 g/mol. The van der Waals surface area contributed by atoms with Crippen LogP contribution in [0.25, 0.3) is 100 Å². The van der Waals surface area contributed by atoms with Crippen molar-refractivity contribution in [1.82, 2.24) is 24.1 Å². The average molecular weight is 716 g/mol. The number of rotatable bonds is 6. The van der Waals surface area contributed by atoms with E-state index in [0.29, 0.717) is 5.82 Å². The minimum absolute atomic E-state index is 0.696. The van der Waals surface area contributed by atoms with E-state index in [1.54, 1.807) is 0 Å². The molecule has 0 aliphatic heterocycles. The molecule has 11 rings (SSSR count). The zero-order valence-electron chi connectivity index (χ0n) is 30.3. The maximum atomic E-state index is 5.21. The highest BCUT2D eigenvalue weighted by Crippen LogP contribution is 2.38. The molecule has 56 heavy (non-hydrogen) atoms. The lowest BCUT2D eigenvalue weighted by Gasteiger charge is -2.12. The molecule has 0 spiro atoms. The van der Waals surface area contributed by atoms with Gasteiger partial charge in [0.05, 0.1) is 27.9 Å². The summed E-state index contributed by atoms with van der Waals surface area (Å²) in [5, 5.41) is 4.71. The van der Waals surface area contributed by atoms with Crippen LogP contribution in [-0.2, 0) is 0 Å². The number of hydrogen-bond donors (Lipinski definition) is 0. The second-order valence-corrected chi connectivity index (χ2v) is 14.1. The molecule has 5 nitrogen and oxygen atoms in total. The molecule has 0 fully saturated rings. The van der Waals surface area contributed by atoms with Crippen LogP contribution in [0.2, 0.25) is 0 Å². The molecule has 0 saturated carbocycles. The van der Waals surface area contributed by atoms with E-state index in [-0.39, 0.29) is 0 Å². The van der Waals surface area contributed by atoms with E-state index in [1.807, 2.05) is 42.6 Å². The molecular formula is C51H33N5. The summed E-state index contributed by atoms with van der Waals surface area (Å²) < 4.78 is 4.62. The maximum Gasteiger partial charge on any atom is 0.160 e. The van der Waals surface area contributed by atoms with Crippen LogP contribution in [0, 0.1) is 0 Å². The van der Waals surface area contributed by atoms with Gasteiger partial charge in [-0.3, -0.25) is 4.57 Å². The van der Waals surface area contributed by atoms with Crippen molar-refractivity contribution in [3.8, 4) is 56.4 Å². The zero-order valence-corrected chi connectivity index (χ0v) is 30.3. The van der Waals surface area contributed by atoms with E-state index in [2.05, 4.69) is 167 Å². The van der Waals surface area contributed by atoms with Crippen molar-refractivity contribution >= 4 is 43.7 Å². The Morgan fingerprint density at radius 2 is 0.875 bits per heavy atom. The minimum atomic E-state index is 0.696. The summed E-state index contributed by atoms with van der Waals surface area (Å²) in [7, 11) is 0. The highest BCUT2D eigenvalue weighted by molar-refractivity contribution is 6.12. The summed E-state index contributed by atoms with van der Waals surface area (Å²) in [6, 6.07) is 68.1. The Morgan fingerprint density at radius 1 is 0.321 bits per heavy atom. The molecule has 0 saturated heterocycles. The topological polar surface area (TPSA) is 48.5 Å². The van der Waals surface area contributed by atoms with Gasteiger partial charge in [-0.1, -0.05) is 133 Å². The van der Waals surface area contributed by atoms with Gasteiger partial charge < -0.3 is 4.57 Å². The second kappa shape index (κ2) is 13.0. The molecule has 0 amide bonds. The lowest BCUT2D eigenvalue weighted by atomic mass is 10.0.